The van der Waals surface area contributed by atoms with Gasteiger partial charge in [0.1, 0.15) is 0 Å². The van der Waals surface area contributed by atoms with E-state index in [4.69, 9.17) is 11.6 Å². The van der Waals surface area contributed by atoms with Gasteiger partial charge >= 0.3 is 0 Å². The van der Waals surface area contributed by atoms with Crippen molar-refractivity contribution in [3.8, 4) is 17.1 Å². The van der Waals surface area contributed by atoms with Gasteiger partial charge in [-0.1, -0.05) is 41.1 Å². The van der Waals surface area contributed by atoms with E-state index in [1.54, 1.807) is 0 Å². The van der Waals surface area contributed by atoms with Gasteiger partial charge in [0, 0.05) is 17.1 Å². The lowest BCUT2D eigenvalue weighted by molar-refractivity contribution is -0.113. The van der Waals surface area contributed by atoms with Crippen molar-refractivity contribution in [2.24, 2.45) is 0 Å². The number of hydrogen-bond acceptors (Lipinski definition) is 5. The number of thioether (sulfide) groups is 1. The van der Waals surface area contributed by atoms with Crippen LogP contribution in [0.15, 0.2) is 53.7 Å². The lowest BCUT2D eigenvalue weighted by Crippen LogP contribution is -2.16. The van der Waals surface area contributed by atoms with Crippen molar-refractivity contribution in [2.45, 2.75) is 39.4 Å². The Morgan fingerprint density at radius 1 is 1.03 bits per heavy atom. The van der Waals surface area contributed by atoms with E-state index in [0.29, 0.717) is 16.7 Å². The van der Waals surface area contributed by atoms with Crippen molar-refractivity contribution < 1.29 is 4.79 Å². The van der Waals surface area contributed by atoms with E-state index in [9.17, 15) is 4.79 Å². The molecule has 4 aromatic rings. The van der Waals surface area contributed by atoms with Crippen molar-refractivity contribution in [3.05, 3.63) is 70.5 Å². The normalized spacial score (nSPS) is 11.1. The highest BCUT2D eigenvalue weighted by Crippen LogP contribution is 2.26. The second-order valence-electron chi connectivity index (χ2n) is 7.69. The zero-order valence-corrected chi connectivity index (χ0v) is 20.5. The summed E-state index contributed by atoms with van der Waals surface area (Å²) in [5.41, 5.74) is 5.47. The van der Waals surface area contributed by atoms with Crippen LogP contribution in [-0.2, 0) is 11.3 Å². The first kappa shape index (κ1) is 23.1. The SMILES string of the molecule is CCn1c(SCC(=O)Nc2c(C)nn(-c3ccc(C)cc3)c2C)nnc1-c1ccc(Cl)cc1. The third-order valence-corrected chi connectivity index (χ3v) is 6.52. The first-order chi connectivity index (χ1) is 15.9. The first-order valence-corrected chi connectivity index (χ1v) is 12.0. The third kappa shape index (κ3) is 4.96. The Morgan fingerprint density at radius 3 is 2.39 bits per heavy atom. The summed E-state index contributed by atoms with van der Waals surface area (Å²) < 4.78 is 3.84. The second kappa shape index (κ2) is 9.80. The molecule has 170 valence electrons. The largest absolute Gasteiger partial charge is 0.322 e. The lowest BCUT2D eigenvalue weighted by atomic mass is 10.2. The van der Waals surface area contributed by atoms with Crippen molar-refractivity contribution in [3.63, 3.8) is 0 Å². The summed E-state index contributed by atoms with van der Waals surface area (Å²) in [7, 11) is 0. The van der Waals surface area contributed by atoms with Gasteiger partial charge in [-0.3, -0.25) is 4.79 Å². The van der Waals surface area contributed by atoms with Crippen LogP contribution in [0, 0.1) is 20.8 Å². The topological polar surface area (TPSA) is 77.6 Å². The van der Waals surface area contributed by atoms with Crippen molar-refractivity contribution in [1.82, 2.24) is 24.5 Å². The molecule has 0 atom stereocenters. The Kier molecular flexibility index (Phi) is 6.85. The van der Waals surface area contributed by atoms with Gasteiger partial charge in [0.2, 0.25) is 5.91 Å². The Hall–Kier alpha value is -3.10. The molecule has 9 heteroatoms. The number of benzene rings is 2. The van der Waals surface area contributed by atoms with Crippen molar-refractivity contribution in [1.29, 1.82) is 0 Å². The molecule has 0 bridgehead atoms. The molecule has 0 aliphatic rings. The standard InChI is InChI=1S/C24H25ClN6OS/c1-5-30-23(18-8-10-19(25)11-9-18)27-28-24(30)33-14-21(32)26-22-16(3)29-31(17(22)4)20-12-6-15(2)7-13-20/h6-13H,5,14H2,1-4H3,(H,26,32). The minimum atomic E-state index is -0.117. The van der Waals surface area contributed by atoms with Gasteiger partial charge in [-0.05, 0) is 64.1 Å². The van der Waals surface area contributed by atoms with E-state index in [-0.39, 0.29) is 11.7 Å². The lowest BCUT2D eigenvalue weighted by Gasteiger charge is -2.09. The first-order valence-electron chi connectivity index (χ1n) is 10.6. The quantitative estimate of drug-likeness (QED) is 0.355. The molecule has 0 spiro atoms. The van der Waals surface area contributed by atoms with Gasteiger partial charge in [0.05, 0.1) is 28.5 Å². The molecular formula is C24H25ClN6OS. The highest BCUT2D eigenvalue weighted by Gasteiger charge is 2.18. The summed E-state index contributed by atoms with van der Waals surface area (Å²) >= 11 is 7.35. The summed E-state index contributed by atoms with van der Waals surface area (Å²) in [6.45, 7) is 8.61. The number of nitrogens with zero attached hydrogens (tertiary/aromatic N) is 5. The zero-order valence-electron chi connectivity index (χ0n) is 19.0. The summed E-state index contributed by atoms with van der Waals surface area (Å²) in [5.74, 6) is 0.851. The maximum absolute atomic E-state index is 12.8. The van der Waals surface area contributed by atoms with Crippen molar-refractivity contribution in [2.75, 3.05) is 11.1 Å². The van der Waals surface area contributed by atoms with E-state index in [1.165, 1.54) is 17.3 Å². The fraction of sp³-hybridized carbons (Fsp3) is 0.250. The molecule has 0 aliphatic carbocycles. The van der Waals surface area contributed by atoms with Crippen LogP contribution in [0.1, 0.15) is 23.9 Å². The summed E-state index contributed by atoms with van der Waals surface area (Å²) in [4.78, 5) is 12.8. The van der Waals surface area contributed by atoms with Gasteiger partial charge in [-0.25, -0.2) is 4.68 Å². The average Bonchev–Trinajstić information content (AvgIpc) is 3.34. The van der Waals surface area contributed by atoms with Crippen LogP contribution < -0.4 is 5.32 Å². The Morgan fingerprint density at radius 2 is 1.73 bits per heavy atom. The van der Waals surface area contributed by atoms with E-state index in [1.807, 2.05) is 85.5 Å². The highest BCUT2D eigenvalue weighted by molar-refractivity contribution is 7.99. The minimum absolute atomic E-state index is 0.117. The highest BCUT2D eigenvalue weighted by atomic mass is 35.5. The molecule has 0 saturated carbocycles. The molecule has 7 nitrogen and oxygen atoms in total. The molecule has 2 aromatic carbocycles. The molecule has 2 heterocycles. The fourth-order valence-electron chi connectivity index (χ4n) is 3.56. The maximum atomic E-state index is 12.8. The molecule has 0 saturated heterocycles. The number of anilines is 1. The molecule has 1 N–H and O–H groups in total. The fourth-order valence-corrected chi connectivity index (χ4v) is 4.49. The van der Waals surface area contributed by atoms with E-state index in [0.717, 1.165) is 34.2 Å². The number of carbonyl (C=O) groups is 1. The smallest absolute Gasteiger partial charge is 0.234 e. The van der Waals surface area contributed by atoms with E-state index in [2.05, 4.69) is 20.6 Å². The molecule has 0 fully saturated rings. The van der Waals surface area contributed by atoms with Crippen LogP contribution in [0.4, 0.5) is 5.69 Å². The molecule has 4 rings (SSSR count). The van der Waals surface area contributed by atoms with Crippen LogP contribution in [-0.4, -0.2) is 36.2 Å². The molecule has 0 unspecified atom stereocenters. The molecule has 0 aliphatic heterocycles. The Bertz CT molecular complexity index is 1280. The average molecular weight is 481 g/mol. The number of aryl methyl sites for hydroxylation is 2. The van der Waals surface area contributed by atoms with Crippen LogP contribution in [0.25, 0.3) is 17.1 Å². The number of rotatable bonds is 7. The van der Waals surface area contributed by atoms with Gasteiger partial charge < -0.3 is 9.88 Å². The zero-order chi connectivity index (χ0) is 23.5. The Balaban J connectivity index is 1.46. The van der Waals surface area contributed by atoms with Crippen LogP contribution >= 0.6 is 23.4 Å². The van der Waals surface area contributed by atoms with Gasteiger partial charge in [0.15, 0.2) is 11.0 Å². The van der Waals surface area contributed by atoms with Gasteiger partial charge in [0.25, 0.3) is 0 Å². The minimum Gasteiger partial charge on any atom is -0.322 e. The van der Waals surface area contributed by atoms with Crippen LogP contribution in [0.2, 0.25) is 5.02 Å². The van der Waals surface area contributed by atoms with Crippen LogP contribution in [0.3, 0.4) is 0 Å². The number of carbonyl (C=O) groups excluding carboxylic acids is 1. The number of nitrogens with one attached hydrogen (secondary N) is 1. The summed E-state index contributed by atoms with van der Waals surface area (Å²) in [5, 5.41) is 17.6. The van der Waals surface area contributed by atoms with E-state index >= 15 is 0 Å². The van der Waals surface area contributed by atoms with E-state index < -0.39 is 0 Å². The predicted molar refractivity (Wildman–Crippen MR) is 133 cm³/mol. The molecule has 0 radical (unpaired) electrons. The summed E-state index contributed by atoms with van der Waals surface area (Å²) in [6, 6.07) is 15.6. The van der Waals surface area contributed by atoms with Crippen molar-refractivity contribution >= 4 is 35.0 Å². The summed E-state index contributed by atoms with van der Waals surface area (Å²) in [6.07, 6.45) is 0. The van der Waals surface area contributed by atoms with Gasteiger partial charge in [-0.15, -0.1) is 10.2 Å². The number of halogens is 1. The second-order valence-corrected chi connectivity index (χ2v) is 9.07. The number of hydrogen-bond donors (Lipinski definition) is 1. The molecule has 1 amide bonds. The Labute approximate surface area is 202 Å². The molecular weight excluding hydrogens is 456 g/mol. The monoisotopic (exact) mass is 480 g/mol. The van der Waals surface area contributed by atoms with Gasteiger partial charge in [-0.2, -0.15) is 5.10 Å². The molecule has 2 aromatic heterocycles. The molecule has 33 heavy (non-hydrogen) atoms. The maximum Gasteiger partial charge on any atom is 0.234 e. The van der Waals surface area contributed by atoms with Crippen LogP contribution in [0.5, 0.6) is 0 Å². The number of aromatic nitrogens is 5. The predicted octanol–water partition coefficient (Wildman–Crippen LogP) is 5.46. The number of amides is 1. The third-order valence-electron chi connectivity index (χ3n) is 5.30.